The Morgan fingerprint density at radius 3 is 2.64 bits per heavy atom. The lowest BCUT2D eigenvalue weighted by Gasteiger charge is -2.00. The first-order valence-electron chi connectivity index (χ1n) is 3.33. The highest BCUT2D eigenvalue weighted by Gasteiger charge is 2.00. The lowest BCUT2D eigenvalue weighted by molar-refractivity contribution is 0.146. The molecule has 0 atom stereocenters. The maximum Gasteiger partial charge on any atom is 0.297 e. The molecule has 68 valence electrons. The number of hydrogen-bond acceptors (Lipinski definition) is 3. The summed E-state index contributed by atoms with van der Waals surface area (Å²) >= 11 is 0. The summed E-state index contributed by atoms with van der Waals surface area (Å²) in [6.07, 6.45) is 0.639. The van der Waals surface area contributed by atoms with Crippen molar-refractivity contribution < 1.29 is 13.2 Å². The van der Waals surface area contributed by atoms with Gasteiger partial charge in [-0.25, -0.2) is 4.72 Å². The molecule has 0 aromatic heterocycles. The average Bonchev–Trinajstić information content (AvgIpc) is 1.85. The van der Waals surface area contributed by atoms with Crippen LogP contribution in [0.3, 0.4) is 0 Å². The molecule has 0 aliphatic heterocycles. The molecular formula is C5H12ClNO3S. The van der Waals surface area contributed by atoms with Gasteiger partial charge in [0.1, 0.15) is 0 Å². The number of nitrogens with one attached hydrogen (secondary N) is 1. The van der Waals surface area contributed by atoms with Crippen LogP contribution < -0.4 is 4.72 Å². The summed E-state index contributed by atoms with van der Waals surface area (Å²) in [6.45, 7) is 3.40. The minimum absolute atomic E-state index is 0.325. The third-order valence-corrected chi connectivity index (χ3v) is 1.82. The van der Waals surface area contributed by atoms with E-state index < -0.39 is 9.24 Å². The van der Waals surface area contributed by atoms with Gasteiger partial charge in [-0.2, -0.15) is 8.42 Å². The summed E-state index contributed by atoms with van der Waals surface area (Å²) < 4.78 is 27.7. The van der Waals surface area contributed by atoms with Crippen LogP contribution in [0, 0.1) is 0 Å². The van der Waals surface area contributed by atoms with E-state index in [1.807, 2.05) is 6.92 Å². The molecule has 0 unspecified atom stereocenters. The maximum atomic E-state index is 10.3. The second-order valence-corrected chi connectivity index (χ2v) is 4.27. The van der Waals surface area contributed by atoms with E-state index in [0.717, 1.165) is 0 Å². The number of halogens is 1. The Bertz CT molecular complexity index is 180. The number of ether oxygens (including phenoxy) is 1. The Balaban J connectivity index is 3.16. The molecule has 0 aliphatic carbocycles. The van der Waals surface area contributed by atoms with E-state index in [0.29, 0.717) is 26.2 Å². The number of hydrogen-bond donors (Lipinski definition) is 1. The molecule has 0 heterocycles. The molecule has 11 heavy (non-hydrogen) atoms. The van der Waals surface area contributed by atoms with Crippen molar-refractivity contribution in [1.82, 2.24) is 4.72 Å². The summed E-state index contributed by atoms with van der Waals surface area (Å²) in [6, 6.07) is 0. The van der Waals surface area contributed by atoms with Crippen LogP contribution in [-0.4, -0.2) is 28.2 Å². The Kier molecular flexibility index (Phi) is 5.85. The van der Waals surface area contributed by atoms with E-state index in [1.54, 1.807) is 0 Å². The van der Waals surface area contributed by atoms with Gasteiger partial charge in [0.05, 0.1) is 0 Å². The monoisotopic (exact) mass is 201 g/mol. The standard InChI is InChI=1S/C5H12ClNO3S/c1-2-10-5-3-4-7-11(6,8)9/h7H,2-5H2,1H3. The molecule has 0 rings (SSSR count). The van der Waals surface area contributed by atoms with E-state index >= 15 is 0 Å². The highest BCUT2D eigenvalue weighted by molar-refractivity contribution is 8.12. The van der Waals surface area contributed by atoms with Crippen molar-refractivity contribution in [2.24, 2.45) is 0 Å². The summed E-state index contributed by atoms with van der Waals surface area (Å²) in [4.78, 5) is 0. The van der Waals surface area contributed by atoms with Crippen LogP contribution in [0.15, 0.2) is 0 Å². The van der Waals surface area contributed by atoms with Gasteiger partial charge >= 0.3 is 0 Å². The lowest BCUT2D eigenvalue weighted by atomic mass is 10.5. The molecule has 0 radical (unpaired) electrons. The van der Waals surface area contributed by atoms with Crippen LogP contribution in [0.4, 0.5) is 0 Å². The molecule has 0 saturated carbocycles. The van der Waals surface area contributed by atoms with Crippen LogP contribution in [0.2, 0.25) is 0 Å². The normalized spacial score (nSPS) is 11.8. The summed E-state index contributed by atoms with van der Waals surface area (Å²) in [5, 5.41) is 0. The maximum absolute atomic E-state index is 10.3. The van der Waals surface area contributed by atoms with Crippen molar-refractivity contribution in [3.63, 3.8) is 0 Å². The minimum atomic E-state index is -3.54. The third-order valence-electron chi connectivity index (χ3n) is 0.944. The van der Waals surface area contributed by atoms with Gasteiger partial charge in [-0.1, -0.05) is 0 Å². The van der Waals surface area contributed by atoms with Gasteiger partial charge in [0.2, 0.25) is 0 Å². The first-order valence-corrected chi connectivity index (χ1v) is 5.64. The van der Waals surface area contributed by atoms with Gasteiger partial charge in [-0.05, 0) is 13.3 Å². The van der Waals surface area contributed by atoms with Crippen molar-refractivity contribution in [2.45, 2.75) is 13.3 Å². The van der Waals surface area contributed by atoms with Crippen LogP contribution in [0.5, 0.6) is 0 Å². The second kappa shape index (κ2) is 5.77. The predicted molar refractivity (Wildman–Crippen MR) is 43.9 cm³/mol. The number of rotatable bonds is 6. The molecule has 0 aromatic carbocycles. The van der Waals surface area contributed by atoms with E-state index in [1.165, 1.54) is 0 Å². The fourth-order valence-electron chi connectivity index (χ4n) is 0.513. The molecule has 0 fully saturated rings. The molecule has 0 aromatic rings. The fourth-order valence-corrected chi connectivity index (χ4v) is 1.13. The first-order chi connectivity index (χ1) is 5.06. The molecule has 6 heteroatoms. The van der Waals surface area contributed by atoms with E-state index in [9.17, 15) is 8.42 Å². The summed E-state index contributed by atoms with van der Waals surface area (Å²) in [5.74, 6) is 0. The van der Waals surface area contributed by atoms with Crippen molar-refractivity contribution in [1.29, 1.82) is 0 Å². The molecule has 1 N–H and O–H groups in total. The smallest absolute Gasteiger partial charge is 0.297 e. The van der Waals surface area contributed by atoms with Gasteiger partial charge in [-0.15, -0.1) is 0 Å². The van der Waals surface area contributed by atoms with Gasteiger partial charge < -0.3 is 4.74 Å². The van der Waals surface area contributed by atoms with Crippen LogP contribution >= 0.6 is 10.7 Å². The van der Waals surface area contributed by atoms with Gasteiger partial charge in [-0.3, -0.25) is 0 Å². The molecule has 0 spiro atoms. The highest BCUT2D eigenvalue weighted by atomic mass is 35.7. The Morgan fingerprint density at radius 2 is 2.18 bits per heavy atom. The zero-order valence-electron chi connectivity index (χ0n) is 6.34. The predicted octanol–water partition coefficient (Wildman–Crippen LogP) is 0.486. The average molecular weight is 202 g/mol. The fraction of sp³-hybridized carbons (Fsp3) is 1.00. The van der Waals surface area contributed by atoms with Gasteiger partial charge in [0.25, 0.3) is 9.24 Å². The Hall–Kier alpha value is 0.160. The molecular weight excluding hydrogens is 190 g/mol. The minimum Gasteiger partial charge on any atom is -0.382 e. The zero-order valence-corrected chi connectivity index (χ0v) is 7.91. The molecule has 0 saturated heterocycles. The zero-order chi connectivity index (χ0) is 8.74. The van der Waals surface area contributed by atoms with Gasteiger partial charge in [0, 0.05) is 30.4 Å². The highest BCUT2D eigenvalue weighted by Crippen LogP contribution is 1.89. The van der Waals surface area contributed by atoms with E-state index in [-0.39, 0.29) is 0 Å². The summed E-state index contributed by atoms with van der Waals surface area (Å²) in [7, 11) is 1.32. The van der Waals surface area contributed by atoms with Crippen LogP contribution in [0.1, 0.15) is 13.3 Å². The molecule has 4 nitrogen and oxygen atoms in total. The topological polar surface area (TPSA) is 55.4 Å². The second-order valence-electron chi connectivity index (χ2n) is 1.88. The first kappa shape index (κ1) is 11.2. The van der Waals surface area contributed by atoms with Crippen molar-refractivity contribution in [3.8, 4) is 0 Å². The lowest BCUT2D eigenvalue weighted by Crippen LogP contribution is -2.20. The van der Waals surface area contributed by atoms with E-state index in [2.05, 4.69) is 4.72 Å². The molecule has 0 bridgehead atoms. The SMILES string of the molecule is CCOCCCNS(=O)(=O)Cl. The molecule has 0 aliphatic rings. The van der Waals surface area contributed by atoms with Crippen LogP contribution in [0.25, 0.3) is 0 Å². The van der Waals surface area contributed by atoms with Gasteiger partial charge in [0.15, 0.2) is 0 Å². The summed E-state index contributed by atoms with van der Waals surface area (Å²) in [5.41, 5.74) is 0. The third kappa shape index (κ3) is 10.2. The quantitative estimate of drug-likeness (QED) is 0.503. The van der Waals surface area contributed by atoms with Crippen LogP contribution in [-0.2, 0) is 14.0 Å². The Labute approximate surface area is 71.4 Å². The largest absolute Gasteiger partial charge is 0.382 e. The van der Waals surface area contributed by atoms with E-state index in [4.69, 9.17) is 15.4 Å². The Morgan fingerprint density at radius 1 is 1.55 bits per heavy atom. The van der Waals surface area contributed by atoms with Crippen molar-refractivity contribution >= 4 is 19.9 Å². The molecule has 0 amide bonds. The van der Waals surface area contributed by atoms with Crippen molar-refractivity contribution in [3.05, 3.63) is 0 Å². The van der Waals surface area contributed by atoms with Crippen molar-refractivity contribution in [2.75, 3.05) is 19.8 Å².